The predicted octanol–water partition coefficient (Wildman–Crippen LogP) is 4.89. The van der Waals surface area contributed by atoms with Gasteiger partial charge in [0, 0.05) is 0 Å². The summed E-state index contributed by atoms with van der Waals surface area (Å²) in [6, 6.07) is 0. The van der Waals surface area contributed by atoms with Crippen molar-refractivity contribution in [2.24, 2.45) is 23.2 Å². The van der Waals surface area contributed by atoms with E-state index in [1.165, 1.54) is 32.1 Å². The molecule has 0 atom stereocenters. The molecule has 0 aromatic carbocycles. The summed E-state index contributed by atoms with van der Waals surface area (Å²) in [4.78, 5) is 0. The van der Waals surface area contributed by atoms with E-state index in [4.69, 9.17) is 0 Å². The molecule has 0 unspecified atom stereocenters. The van der Waals surface area contributed by atoms with E-state index in [0.29, 0.717) is 5.41 Å². The summed E-state index contributed by atoms with van der Waals surface area (Å²) in [5.74, 6) is 2.90. The molecule has 14 heavy (non-hydrogen) atoms. The predicted molar refractivity (Wildman–Crippen MR) is 64.4 cm³/mol. The van der Waals surface area contributed by atoms with Crippen LogP contribution in [0.1, 0.15) is 66.7 Å². The van der Waals surface area contributed by atoms with Crippen LogP contribution in [0.2, 0.25) is 0 Å². The molecule has 0 saturated heterocycles. The first-order valence-electron chi connectivity index (χ1n) is 6.47. The van der Waals surface area contributed by atoms with Gasteiger partial charge in [0.2, 0.25) is 0 Å². The minimum atomic E-state index is 0.585. The van der Waals surface area contributed by atoms with Gasteiger partial charge in [0.25, 0.3) is 0 Å². The Balaban J connectivity index is 2.43. The minimum absolute atomic E-state index is 0.585. The smallest absolute Gasteiger partial charge is 0.0329 e. The van der Waals surface area contributed by atoms with Crippen molar-refractivity contribution in [2.45, 2.75) is 66.7 Å². The van der Waals surface area contributed by atoms with Crippen LogP contribution < -0.4 is 0 Å². The summed E-state index contributed by atoms with van der Waals surface area (Å²) in [7, 11) is 0. The van der Waals surface area contributed by atoms with Crippen molar-refractivity contribution in [1.29, 1.82) is 0 Å². The first-order valence-corrected chi connectivity index (χ1v) is 6.47. The van der Waals surface area contributed by atoms with E-state index in [-0.39, 0.29) is 0 Å². The zero-order valence-corrected chi connectivity index (χ0v) is 10.8. The third-order valence-corrected chi connectivity index (χ3v) is 4.73. The van der Waals surface area contributed by atoms with E-state index in [0.717, 1.165) is 17.8 Å². The molecule has 0 spiro atoms. The first kappa shape index (κ1) is 12.1. The lowest BCUT2D eigenvalue weighted by atomic mass is 9.66. The molecular weight excluding hydrogens is 168 g/mol. The van der Waals surface area contributed by atoms with Gasteiger partial charge in [-0.05, 0) is 48.9 Å². The van der Waals surface area contributed by atoms with E-state index < -0.39 is 0 Å². The molecule has 0 N–H and O–H groups in total. The van der Waals surface area contributed by atoms with Gasteiger partial charge in [-0.1, -0.05) is 41.0 Å². The summed E-state index contributed by atoms with van der Waals surface area (Å²) < 4.78 is 0. The molecular formula is C14H28. The Morgan fingerprint density at radius 3 is 1.93 bits per heavy atom. The van der Waals surface area contributed by atoms with Crippen molar-refractivity contribution in [3.63, 3.8) is 0 Å². The molecule has 0 radical (unpaired) electrons. The molecule has 1 aliphatic carbocycles. The van der Waals surface area contributed by atoms with E-state index in [2.05, 4.69) is 34.6 Å². The molecule has 1 rings (SSSR count). The fourth-order valence-corrected chi connectivity index (χ4v) is 2.86. The summed E-state index contributed by atoms with van der Waals surface area (Å²) in [6.45, 7) is 12.0. The largest absolute Gasteiger partial charge is 0.0649 e. The highest BCUT2D eigenvalue weighted by Gasteiger charge is 2.32. The number of hydrogen-bond acceptors (Lipinski definition) is 0. The molecule has 0 bridgehead atoms. The molecule has 0 aromatic heterocycles. The second-order valence-corrected chi connectivity index (χ2v) is 6.20. The third kappa shape index (κ3) is 2.74. The molecule has 0 heterocycles. The van der Waals surface area contributed by atoms with Gasteiger partial charge in [-0.25, -0.2) is 0 Å². The normalized spacial score (nSPS) is 29.6. The minimum Gasteiger partial charge on any atom is -0.0649 e. The van der Waals surface area contributed by atoms with Gasteiger partial charge in [-0.2, -0.15) is 0 Å². The molecule has 0 heteroatoms. The lowest BCUT2D eigenvalue weighted by Crippen LogP contribution is -2.29. The average molecular weight is 196 g/mol. The third-order valence-electron chi connectivity index (χ3n) is 4.73. The van der Waals surface area contributed by atoms with Crippen molar-refractivity contribution in [3.05, 3.63) is 0 Å². The van der Waals surface area contributed by atoms with Gasteiger partial charge in [-0.15, -0.1) is 0 Å². The van der Waals surface area contributed by atoms with E-state index >= 15 is 0 Å². The van der Waals surface area contributed by atoms with Crippen LogP contribution in [0.3, 0.4) is 0 Å². The van der Waals surface area contributed by atoms with Gasteiger partial charge in [-0.3, -0.25) is 0 Å². The summed E-state index contributed by atoms with van der Waals surface area (Å²) in [5.41, 5.74) is 0.585. The molecule has 0 nitrogen and oxygen atoms in total. The van der Waals surface area contributed by atoms with Crippen molar-refractivity contribution in [3.8, 4) is 0 Å². The van der Waals surface area contributed by atoms with Gasteiger partial charge < -0.3 is 0 Å². The first-order chi connectivity index (χ1) is 6.47. The van der Waals surface area contributed by atoms with Crippen molar-refractivity contribution in [1.82, 2.24) is 0 Å². The zero-order valence-electron chi connectivity index (χ0n) is 10.8. The topological polar surface area (TPSA) is 0 Å². The molecule has 1 aliphatic rings. The Kier molecular flexibility index (Phi) is 4.04. The fourth-order valence-electron chi connectivity index (χ4n) is 2.86. The van der Waals surface area contributed by atoms with Gasteiger partial charge in [0.1, 0.15) is 0 Å². The van der Waals surface area contributed by atoms with Crippen molar-refractivity contribution in [2.75, 3.05) is 0 Å². The summed E-state index contributed by atoms with van der Waals surface area (Å²) in [5, 5.41) is 0. The fraction of sp³-hybridized carbons (Fsp3) is 1.00. The van der Waals surface area contributed by atoms with Crippen LogP contribution in [0.15, 0.2) is 0 Å². The van der Waals surface area contributed by atoms with Crippen LogP contribution in [0, 0.1) is 23.2 Å². The Morgan fingerprint density at radius 2 is 1.57 bits per heavy atom. The van der Waals surface area contributed by atoms with E-state index in [9.17, 15) is 0 Å². The molecule has 1 fully saturated rings. The van der Waals surface area contributed by atoms with Crippen LogP contribution in [0.25, 0.3) is 0 Å². The number of rotatable bonds is 3. The van der Waals surface area contributed by atoms with Gasteiger partial charge >= 0.3 is 0 Å². The van der Waals surface area contributed by atoms with Crippen molar-refractivity contribution < 1.29 is 0 Å². The maximum absolute atomic E-state index is 2.45. The molecule has 1 saturated carbocycles. The monoisotopic (exact) mass is 196 g/mol. The standard InChI is InChI=1S/C14H28/c1-6-14(4,5)13-9-7-12(8-10-13)11(2)3/h11-13H,6-10H2,1-5H3. The number of hydrogen-bond donors (Lipinski definition) is 0. The van der Waals surface area contributed by atoms with Crippen LogP contribution in [0.4, 0.5) is 0 Å². The van der Waals surface area contributed by atoms with Crippen molar-refractivity contribution >= 4 is 0 Å². The Morgan fingerprint density at radius 1 is 1.07 bits per heavy atom. The molecule has 84 valence electrons. The van der Waals surface area contributed by atoms with E-state index in [1.54, 1.807) is 0 Å². The second kappa shape index (κ2) is 4.68. The van der Waals surface area contributed by atoms with Crippen LogP contribution in [-0.2, 0) is 0 Å². The van der Waals surface area contributed by atoms with Gasteiger partial charge in [0.15, 0.2) is 0 Å². The maximum atomic E-state index is 2.45. The maximum Gasteiger partial charge on any atom is -0.0329 e. The Labute approximate surface area is 90.5 Å². The SMILES string of the molecule is CCC(C)(C)C1CCC(C(C)C)CC1. The van der Waals surface area contributed by atoms with Crippen LogP contribution in [0.5, 0.6) is 0 Å². The molecule has 0 amide bonds. The lowest BCUT2D eigenvalue weighted by Gasteiger charge is -2.40. The van der Waals surface area contributed by atoms with Gasteiger partial charge in [0.05, 0.1) is 0 Å². The lowest BCUT2D eigenvalue weighted by molar-refractivity contribution is 0.113. The zero-order chi connectivity index (χ0) is 10.8. The summed E-state index contributed by atoms with van der Waals surface area (Å²) in [6.07, 6.45) is 7.24. The summed E-state index contributed by atoms with van der Waals surface area (Å²) >= 11 is 0. The quantitative estimate of drug-likeness (QED) is 0.603. The van der Waals surface area contributed by atoms with E-state index in [1.807, 2.05) is 0 Å². The Bertz CT molecular complexity index is 159. The highest BCUT2D eigenvalue weighted by atomic mass is 14.4. The second-order valence-electron chi connectivity index (χ2n) is 6.20. The highest BCUT2D eigenvalue weighted by molar-refractivity contribution is 4.83. The highest BCUT2D eigenvalue weighted by Crippen LogP contribution is 2.43. The molecule has 0 aromatic rings. The Hall–Kier alpha value is 0. The molecule has 0 aliphatic heterocycles. The van der Waals surface area contributed by atoms with Crippen LogP contribution >= 0.6 is 0 Å². The average Bonchev–Trinajstić information content (AvgIpc) is 2.18. The van der Waals surface area contributed by atoms with Crippen LogP contribution in [-0.4, -0.2) is 0 Å².